The molecule has 1 aromatic rings. The highest BCUT2D eigenvalue weighted by molar-refractivity contribution is 5.94. The second-order valence-electron chi connectivity index (χ2n) is 8.80. The number of imide groups is 1. The van der Waals surface area contributed by atoms with E-state index in [4.69, 9.17) is 9.47 Å². The average Bonchev–Trinajstić information content (AvgIpc) is 2.93. The van der Waals surface area contributed by atoms with Crippen molar-refractivity contribution in [1.82, 2.24) is 4.90 Å². The van der Waals surface area contributed by atoms with E-state index in [2.05, 4.69) is 24.3 Å². The van der Waals surface area contributed by atoms with Crippen molar-refractivity contribution in [3.8, 4) is 0 Å². The smallest absolute Gasteiger partial charge is 0.417 e. The van der Waals surface area contributed by atoms with E-state index in [1.54, 1.807) is 20.8 Å². The molecule has 0 spiro atoms. The minimum Gasteiger partial charge on any atom is -0.443 e. The van der Waals surface area contributed by atoms with Crippen LogP contribution in [0.1, 0.15) is 64.4 Å². The third-order valence-corrected chi connectivity index (χ3v) is 5.47. The molecule has 2 atom stereocenters. The first kappa shape index (κ1) is 20.8. The number of aliphatic hydroxyl groups excluding tert-OH is 1. The van der Waals surface area contributed by atoms with E-state index >= 15 is 0 Å². The highest BCUT2D eigenvalue weighted by atomic mass is 16.6. The number of hydrogen-bond donors (Lipinski definition) is 1. The van der Waals surface area contributed by atoms with Gasteiger partial charge in [-0.05, 0) is 57.9 Å². The Hall–Kier alpha value is -1.92. The lowest BCUT2D eigenvalue weighted by atomic mass is 9.83. The number of carbonyl (C=O) groups is 2. The van der Waals surface area contributed by atoms with Gasteiger partial charge >= 0.3 is 6.09 Å². The van der Waals surface area contributed by atoms with Gasteiger partial charge in [-0.1, -0.05) is 30.3 Å². The molecule has 2 fully saturated rings. The normalized spacial score (nSPS) is 28.4. The van der Waals surface area contributed by atoms with Crippen LogP contribution >= 0.6 is 0 Å². The van der Waals surface area contributed by atoms with Crippen LogP contribution in [0.15, 0.2) is 30.3 Å². The van der Waals surface area contributed by atoms with Crippen molar-refractivity contribution >= 4 is 12.0 Å². The van der Waals surface area contributed by atoms with Crippen LogP contribution < -0.4 is 0 Å². The zero-order valence-corrected chi connectivity index (χ0v) is 17.0. The number of amides is 2. The lowest BCUT2D eigenvalue weighted by Gasteiger charge is -2.32. The second-order valence-corrected chi connectivity index (χ2v) is 8.80. The molecule has 2 aliphatic rings. The monoisotopic (exact) mass is 389 g/mol. The Morgan fingerprint density at radius 3 is 2.39 bits per heavy atom. The molecule has 1 aromatic carbocycles. The Morgan fingerprint density at radius 2 is 1.79 bits per heavy atom. The molecular formula is C22H31NO5. The van der Waals surface area contributed by atoms with Crippen molar-refractivity contribution in [2.45, 2.75) is 82.6 Å². The Labute approximate surface area is 166 Å². The maximum Gasteiger partial charge on any atom is 0.417 e. The Bertz CT molecular complexity index is 676. The van der Waals surface area contributed by atoms with Gasteiger partial charge in [-0.25, -0.2) is 9.69 Å². The zero-order valence-electron chi connectivity index (χ0n) is 17.0. The average molecular weight is 389 g/mol. The van der Waals surface area contributed by atoms with E-state index in [0.717, 1.165) is 30.6 Å². The quantitative estimate of drug-likeness (QED) is 0.851. The van der Waals surface area contributed by atoms with E-state index in [-0.39, 0.29) is 19.1 Å². The number of hydrogen-bond acceptors (Lipinski definition) is 5. The molecule has 1 aliphatic carbocycles. The predicted molar refractivity (Wildman–Crippen MR) is 105 cm³/mol. The number of aliphatic hydroxyl groups is 1. The largest absolute Gasteiger partial charge is 0.443 e. The number of rotatable bonds is 4. The fourth-order valence-corrected chi connectivity index (χ4v) is 4.03. The van der Waals surface area contributed by atoms with Crippen LogP contribution in [0.3, 0.4) is 0 Å². The summed E-state index contributed by atoms with van der Waals surface area (Å²) >= 11 is 0. The van der Waals surface area contributed by atoms with Crippen molar-refractivity contribution in [3.05, 3.63) is 35.9 Å². The number of ether oxygens (including phenoxy) is 2. The van der Waals surface area contributed by atoms with Crippen LogP contribution in [-0.2, 0) is 14.3 Å². The summed E-state index contributed by atoms with van der Waals surface area (Å²) in [6.45, 7) is 5.39. The molecule has 6 nitrogen and oxygen atoms in total. The third kappa shape index (κ3) is 5.11. The summed E-state index contributed by atoms with van der Waals surface area (Å²) in [5.74, 6) is 0.140. The third-order valence-electron chi connectivity index (χ3n) is 5.47. The summed E-state index contributed by atoms with van der Waals surface area (Å²) in [7, 11) is 0. The van der Waals surface area contributed by atoms with Crippen LogP contribution in [0.2, 0.25) is 0 Å². The topological polar surface area (TPSA) is 76.1 Å². The molecule has 154 valence electrons. The van der Waals surface area contributed by atoms with Crippen molar-refractivity contribution in [2.24, 2.45) is 0 Å². The van der Waals surface area contributed by atoms with Crippen LogP contribution in [0.5, 0.6) is 0 Å². The molecule has 0 aromatic heterocycles. The summed E-state index contributed by atoms with van der Waals surface area (Å²) < 4.78 is 11.3. The van der Waals surface area contributed by atoms with E-state index in [1.165, 1.54) is 5.56 Å². The number of benzene rings is 1. The zero-order chi connectivity index (χ0) is 20.3. The fourth-order valence-electron chi connectivity index (χ4n) is 4.03. The summed E-state index contributed by atoms with van der Waals surface area (Å²) in [6.07, 6.45) is 2.35. The van der Waals surface area contributed by atoms with Gasteiger partial charge in [-0.2, -0.15) is 0 Å². The maximum atomic E-state index is 12.4. The molecule has 0 unspecified atom stereocenters. The van der Waals surface area contributed by atoms with Crippen molar-refractivity contribution in [2.75, 3.05) is 6.61 Å². The maximum absolute atomic E-state index is 12.4. The van der Waals surface area contributed by atoms with Gasteiger partial charge in [0.15, 0.2) is 0 Å². The number of likely N-dealkylation sites (tertiary alicyclic amines) is 1. The molecule has 1 saturated carbocycles. The SMILES string of the molecule is CC(C)(C)OC(=O)N1C(=O)C[C@@H](O)[C@H]1COC1CCC(c2ccccc2)CC1. The van der Waals surface area contributed by atoms with Gasteiger partial charge in [-0.15, -0.1) is 0 Å². The lowest BCUT2D eigenvalue weighted by Crippen LogP contribution is -2.47. The first-order chi connectivity index (χ1) is 13.2. The number of carbonyl (C=O) groups excluding carboxylic acids is 2. The minimum atomic E-state index is -0.916. The molecule has 1 N–H and O–H groups in total. The Morgan fingerprint density at radius 1 is 1.14 bits per heavy atom. The molecule has 1 heterocycles. The summed E-state index contributed by atoms with van der Waals surface area (Å²) in [6, 6.07) is 9.83. The molecule has 28 heavy (non-hydrogen) atoms. The van der Waals surface area contributed by atoms with Gasteiger partial charge in [-0.3, -0.25) is 4.79 Å². The molecule has 1 aliphatic heterocycles. The van der Waals surface area contributed by atoms with Crippen LogP contribution in [0.25, 0.3) is 0 Å². The van der Waals surface area contributed by atoms with E-state index < -0.39 is 29.7 Å². The summed E-state index contributed by atoms with van der Waals surface area (Å²) in [4.78, 5) is 25.6. The van der Waals surface area contributed by atoms with Gasteiger partial charge in [0.2, 0.25) is 5.91 Å². The fraction of sp³-hybridized carbons (Fsp3) is 0.636. The molecule has 1 saturated heterocycles. The molecule has 0 radical (unpaired) electrons. The molecule has 3 rings (SSSR count). The molecular weight excluding hydrogens is 358 g/mol. The second kappa shape index (κ2) is 8.62. The highest BCUT2D eigenvalue weighted by Crippen LogP contribution is 2.34. The molecule has 0 bridgehead atoms. The van der Waals surface area contributed by atoms with Gasteiger partial charge in [0.1, 0.15) is 5.60 Å². The van der Waals surface area contributed by atoms with E-state index in [0.29, 0.717) is 5.92 Å². The van der Waals surface area contributed by atoms with Gasteiger partial charge < -0.3 is 14.6 Å². The first-order valence-electron chi connectivity index (χ1n) is 10.1. The van der Waals surface area contributed by atoms with Crippen LogP contribution in [0, 0.1) is 0 Å². The standard InChI is InChI=1S/C22H31NO5/c1-22(2,3)28-21(26)23-18(19(24)13-20(23)25)14-27-17-11-9-16(10-12-17)15-7-5-4-6-8-15/h4-8,16-19,24H,9-14H2,1-3H3/t16?,17?,18-,19-/m1/s1. The number of nitrogens with zero attached hydrogens (tertiary/aromatic N) is 1. The Balaban J connectivity index is 1.53. The van der Waals surface area contributed by atoms with Gasteiger partial charge in [0.25, 0.3) is 0 Å². The van der Waals surface area contributed by atoms with Crippen molar-refractivity contribution in [1.29, 1.82) is 0 Å². The highest BCUT2D eigenvalue weighted by Gasteiger charge is 2.44. The Kier molecular flexibility index (Phi) is 6.40. The van der Waals surface area contributed by atoms with Crippen LogP contribution in [-0.4, -0.2) is 52.5 Å². The van der Waals surface area contributed by atoms with Gasteiger partial charge in [0.05, 0.1) is 31.3 Å². The summed E-state index contributed by atoms with van der Waals surface area (Å²) in [5.41, 5.74) is 0.667. The molecule has 6 heteroatoms. The summed E-state index contributed by atoms with van der Waals surface area (Å²) in [5, 5.41) is 10.2. The lowest BCUT2D eigenvalue weighted by molar-refractivity contribution is -0.129. The van der Waals surface area contributed by atoms with Crippen LogP contribution in [0.4, 0.5) is 4.79 Å². The van der Waals surface area contributed by atoms with E-state index in [9.17, 15) is 14.7 Å². The van der Waals surface area contributed by atoms with E-state index in [1.807, 2.05) is 6.07 Å². The first-order valence-corrected chi connectivity index (χ1v) is 10.1. The van der Waals surface area contributed by atoms with Crippen molar-refractivity contribution < 1.29 is 24.2 Å². The molecule has 2 amide bonds. The van der Waals surface area contributed by atoms with Crippen molar-refractivity contribution in [3.63, 3.8) is 0 Å². The predicted octanol–water partition coefficient (Wildman–Crippen LogP) is 3.63. The van der Waals surface area contributed by atoms with Gasteiger partial charge in [0, 0.05) is 0 Å². The minimum absolute atomic E-state index is 0.0754.